The van der Waals surface area contributed by atoms with Gasteiger partial charge >= 0.3 is 0 Å². The molecule has 2 aromatic carbocycles. The van der Waals surface area contributed by atoms with Gasteiger partial charge in [-0.2, -0.15) is 0 Å². The van der Waals surface area contributed by atoms with Crippen LogP contribution in [0.1, 0.15) is 0 Å². The first-order chi connectivity index (χ1) is 14.9. The molecule has 0 aliphatic heterocycles. The number of fused-ring (bicyclic) bond motifs is 1. The van der Waals surface area contributed by atoms with Gasteiger partial charge in [0.2, 0.25) is 5.91 Å². The Kier molecular flexibility index (Phi) is 6.20. The van der Waals surface area contributed by atoms with Gasteiger partial charge in [0.1, 0.15) is 17.0 Å². The topological polar surface area (TPSA) is 73.2 Å². The van der Waals surface area contributed by atoms with Gasteiger partial charge in [-0.25, -0.2) is 4.98 Å². The van der Waals surface area contributed by atoms with E-state index < -0.39 is 5.91 Å². The predicted octanol–water partition coefficient (Wildman–Crippen LogP) is 5.73. The van der Waals surface area contributed by atoms with Gasteiger partial charge in [0.15, 0.2) is 0 Å². The maximum absolute atomic E-state index is 12.9. The molecule has 1 amide bonds. The van der Waals surface area contributed by atoms with Gasteiger partial charge in [0, 0.05) is 9.90 Å². The average molecular weight is 495 g/mol. The summed E-state index contributed by atoms with van der Waals surface area (Å²) >= 11 is 19.4. The average Bonchev–Trinajstić information content (AvgIpc) is 3.18. The number of thiophene rings is 1. The standard InChI is InChI=1S/C21H14Cl3N3O3S/c1-30-13-4-2-11(3-5-13)17-8-16-20(31-17)21(29)27(10-25-16)9-18(28)26-19-14(23)6-12(22)7-15(19)24/h2-8,10H,9H2,1H3,(H,26,28). The minimum Gasteiger partial charge on any atom is -0.497 e. The van der Waals surface area contributed by atoms with E-state index >= 15 is 0 Å². The Bertz CT molecular complexity index is 1330. The van der Waals surface area contributed by atoms with Gasteiger partial charge in [0.25, 0.3) is 5.56 Å². The maximum atomic E-state index is 12.9. The number of ether oxygens (including phenoxy) is 1. The number of nitrogens with zero attached hydrogens (tertiary/aromatic N) is 2. The van der Waals surface area contributed by atoms with E-state index in [1.54, 1.807) is 7.11 Å². The number of benzene rings is 2. The summed E-state index contributed by atoms with van der Waals surface area (Å²) in [5, 5.41) is 3.37. The van der Waals surface area contributed by atoms with Crippen molar-refractivity contribution in [2.45, 2.75) is 6.54 Å². The molecule has 2 aromatic heterocycles. The highest BCUT2D eigenvalue weighted by atomic mass is 35.5. The third-order valence-electron chi connectivity index (χ3n) is 4.46. The molecule has 158 valence electrons. The number of hydrogen-bond acceptors (Lipinski definition) is 5. The molecular formula is C21H14Cl3N3O3S. The Labute approximate surface area is 196 Å². The molecule has 6 nitrogen and oxygen atoms in total. The van der Waals surface area contributed by atoms with Crippen molar-refractivity contribution in [1.82, 2.24) is 9.55 Å². The summed E-state index contributed by atoms with van der Waals surface area (Å²) in [7, 11) is 1.60. The first kappa shape index (κ1) is 21.6. The van der Waals surface area contributed by atoms with Gasteiger partial charge < -0.3 is 10.1 Å². The van der Waals surface area contributed by atoms with Crippen LogP contribution in [0.25, 0.3) is 20.7 Å². The van der Waals surface area contributed by atoms with Crippen LogP contribution in [0.4, 0.5) is 5.69 Å². The normalized spacial score (nSPS) is 11.0. The molecule has 0 aliphatic rings. The van der Waals surface area contributed by atoms with Gasteiger partial charge in [-0.1, -0.05) is 34.8 Å². The Morgan fingerprint density at radius 3 is 2.45 bits per heavy atom. The van der Waals surface area contributed by atoms with E-state index in [1.807, 2.05) is 30.3 Å². The van der Waals surface area contributed by atoms with Crippen LogP contribution in [0.2, 0.25) is 15.1 Å². The second-order valence-corrected chi connectivity index (χ2v) is 8.83. The Balaban J connectivity index is 1.59. The number of halogens is 3. The van der Waals surface area contributed by atoms with Crippen LogP contribution in [0, 0.1) is 0 Å². The molecule has 0 fully saturated rings. The van der Waals surface area contributed by atoms with Crippen molar-refractivity contribution in [3.8, 4) is 16.2 Å². The zero-order valence-corrected chi connectivity index (χ0v) is 19.1. The van der Waals surface area contributed by atoms with Gasteiger partial charge in [-0.15, -0.1) is 11.3 Å². The van der Waals surface area contributed by atoms with Crippen molar-refractivity contribution in [2.24, 2.45) is 0 Å². The number of aromatic nitrogens is 2. The monoisotopic (exact) mass is 493 g/mol. The highest BCUT2D eigenvalue weighted by Gasteiger charge is 2.15. The van der Waals surface area contributed by atoms with Gasteiger partial charge in [-0.05, 0) is 48.0 Å². The van der Waals surface area contributed by atoms with Crippen LogP contribution < -0.4 is 15.6 Å². The molecule has 0 aliphatic carbocycles. The summed E-state index contributed by atoms with van der Waals surface area (Å²) in [4.78, 5) is 30.6. The van der Waals surface area contributed by atoms with Crippen LogP contribution >= 0.6 is 46.1 Å². The number of hydrogen-bond donors (Lipinski definition) is 1. The van der Waals surface area contributed by atoms with Crippen LogP contribution in [0.5, 0.6) is 5.75 Å². The van der Waals surface area contributed by atoms with Gasteiger partial charge in [-0.3, -0.25) is 14.2 Å². The number of anilines is 1. The summed E-state index contributed by atoms with van der Waals surface area (Å²) in [5.74, 6) is 0.276. The number of nitrogens with one attached hydrogen (secondary N) is 1. The third kappa shape index (κ3) is 4.55. The number of methoxy groups -OCH3 is 1. The zero-order chi connectivity index (χ0) is 22.1. The summed E-state index contributed by atoms with van der Waals surface area (Å²) in [6, 6.07) is 12.3. The van der Waals surface area contributed by atoms with Crippen molar-refractivity contribution < 1.29 is 9.53 Å². The minimum atomic E-state index is -0.471. The van der Waals surface area contributed by atoms with E-state index in [-0.39, 0.29) is 27.8 Å². The number of amides is 1. The lowest BCUT2D eigenvalue weighted by Crippen LogP contribution is -2.27. The van der Waals surface area contributed by atoms with E-state index in [2.05, 4.69) is 10.3 Å². The zero-order valence-electron chi connectivity index (χ0n) is 16.0. The maximum Gasteiger partial charge on any atom is 0.271 e. The molecule has 0 saturated carbocycles. The summed E-state index contributed by atoms with van der Waals surface area (Å²) in [6.07, 6.45) is 1.35. The molecule has 0 saturated heterocycles. The highest BCUT2D eigenvalue weighted by Crippen LogP contribution is 2.34. The van der Waals surface area contributed by atoms with E-state index in [9.17, 15) is 9.59 Å². The molecule has 0 unspecified atom stereocenters. The van der Waals surface area contributed by atoms with Crippen molar-refractivity contribution in [2.75, 3.05) is 12.4 Å². The van der Waals surface area contributed by atoms with Gasteiger partial charge in [0.05, 0.1) is 34.7 Å². The van der Waals surface area contributed by atoms with E-state index in [0.29, 0.717) is 15.2 Å². The fourth-order valence-corrected chi connectivity index (χ4v) is 4.93. The van der Waals surface area contributed by atoms with Crippen molar-refractivity contribution in [3.63, 3.8) is 0 Å². The largest absolute Gasteiger partial charge is 0.497 e. The molecule has 4 aromatic rings. The quantitative estimate of drug-likeness (QED) is 0.384. The lowest BCUT2D eigenvalue weighted by atomic mass is 10.2. The second kappa shape index (κ2) is 8.88. The molecule has 4 rings (SSSR count). The SMILES string of the molecule is COc1ccc(-c2cc3ncn(CC(=O)Nc4c(Cl)cc(Cl)cc4Cl)c(=O)c3s2)cc1. The summed E-state index contributed by atoms with van der Waals surface area (Å²) < 4.78 is 6.88. The molecular weight excluding hydrogens is 481 g/mol. The van der Waals surface area contributed by atoms with E-state index in [1.165, 1.54) is 34.4 Å². The van der Waals surface area contributed by atoms with Crippen molar-refractivity contribution >= 4 is 68.0 Å². The highest BCUT2D eigenvalue weighted by molar-refractivity contribution is 7.22. The first-order valence-electron chi connectivity index (χ1n) is 8.93. The van der Waals surface area contributed by atoms with Crippen molar-refractivity contribution in [3.05, 3.63) is 74.2 Å². The summed E-state index contributed by atoms with van der Waals surface area (Å²) in [6.45, 7) is -0.243. The van der Waals surface area contributed by atoms with Crippen LogP contribution in [-0.2, 0) is 11.3 Å². The molecule has 2 heterocycles. The fourth-order valence-electron chi connectivity index (χ4n) is 2.95. The number of carbonyl (C=O) groups is 1. The second-order valence-electron chi connectivity index (χ2n) is 6.52. The molecule has 0 bridgehead atoms. The fraction of sp³-hybridized carbons (Fsp3) is 0.0952. The molecule has 1 N–H and O–H groups in total. The molecule has 0 spiro atoms. The first-order valence-corrected chi connectivity index (χ1v) is 10.9. The third-order valence-corrected chi connectivity index (χ3v) is 6.44. The lowest BCUT2D eigenvalue weighted by Gasteiger charge is -2.10. The Morgan fingerprint density at radius 1 is 1.13 bits per heavy atom. The summed E-state index contributed by atoms with van der Waals surface area (Å²) in [5.41, 5.74) is 1.44. The Morgan fingerprint density at radius 2 is 1.81 bits per heavy atom. The number of rotatable bonds is 5. The van der Waals surface area contributed by atoms with Crippen LogP contribution in [0.3, 0.4) is 0 Å². The van der Waals surface area contributed by atoms with E-state index in [4.69, 9.17) is 39.5 Å². The minimum absolute atomic E-state index is 0.203. The predicted molar refractivity (Wildman–Crippen MR) is 126 cm³/mol. The number of carbonyl (C=O) groups excluding carboxylic acids is 1. The molecule has 0 radical (unpaired) electrons. The molecule has 0 atom stereocenters. The lowest BCUT2D eigenvalue weighted by molar-refractivity contribution is -0.116. The molecule has 10 heteroatoms. The van der Waals surface area contributed by atoms with E-state index in [0.717, 1.165) is 16.2 Å². The smallest absolute Gasteiger partial charge is 0.271 e. The molecule has 31 heavy (non-hydrogen) atoms. The van der Waals surface area contributed by atoms with Crippen molar-refractivity contribution in [1.29, 1.82) is 0 Å². The van der Waals surface area contributed by atoms with Crippen LogP contribution in [0.15, 0.2) is 53.6 Å². The Hall–Kier alpha value is -2.58. The van der Waals surface area contributed by atoms with Crippen LogP contribution in [-0.4, -0.2) is 22.6 Å².